The lowest BCUT2D eigenvalue weighted by atomic mass is 9.76. The van der Waals surface area contributed by atoms with E-state index in [-0.39, 0.29) is 0 Å². The summed E-state index contributed by atoms with van der Waals surface area (Å²) >= 11 is 0. The van der Waals surface area contributed by atoms with Crippen molar-refractivity contribution in [2.45, 2.75) is 80.1 Å². The lowest BCUT2D eigenvalue weighted by molar-refractivity contribution is 0.369. The van der Waals surface area contributed by atoms with Crippen molar-refractivity contribution < 1.29 is 0 Å². The average molecular weight is 262 g/mol. The van der Waals surface area contributed by atoms with Gasteiger partial charge in [0.05, 0.1) is 0 Å². The van der Waals surface area contributed by atoms with Crippen molar-refractivity contribution in [1.82, 2.24) is 0 Å². The first-order valence-electron chi connectivity index (χ1n) is 8.12. The Morgan fingerprint density at radius 3 is 1.68 bits per heavy atom. The Bertz CT molecular complexity index is 335. The van der Waals surface area contributed by atoms with Gasteiger partial charge in [0.2, 0.25) is 0 Å². The molecule has 1 fully saturated rings. The van der Waals surface area contributed by atoms with E-state index in [2.05, 4.69) is 27.0 Å². The largest absolute Gasteiger partial charge is 0.0958 e. The summed E-state index contributed by atoms with van der Waals surface area (Å²) in [6, 6.07) is 0. The molecule has 0 heterocycles. The molecule has 0 amide bonds. The van der Waals surface area contributed by atoms with Gasteiger partial charge < -0.3 is 0 Å². The Morgan fingerprint density at radius 2 is 1.32 bits per heavy atom. The summed E-state index contributed by atoms with van der Waals surface area (Å²) in [5.74, 6) is 0. The zero-order chi connectivity index (χ0) is 15.1. The Hall–Kier alpha value is -0.780. The van der Waals surface area contributed by atoms with Gasteiger partial charge in [0.1, 0.15) is 0 Å². The summed E-state index contributed by atoms with van der Waals surface area (Å²) in [5.41, 5.74) is 6.14. The van der Waals surface area contributed by atoms with E-state index in [1.54, 1.807) is 5.57 Å². The molecule has 19 heavy (non-hydrogen) atoms. The molecular formula is C19H34. The molecule has 110 valence electrons. The maximum absolute atomic E-state index is 4.19. The number of rotatable bonds is 2. The van der Waals surface area contributed by atoms with E-state index >= 15 is 0 Å². The third-order valence-corrected chi connectivity index (χ3v) is 4.19. The van der Waals surface area contributed by atoms with Crippen LogP contribution < -0.4 is 0 Å². The highest BCUT2D eigenvalue weighted by molar-refractivity contribution is 5.49. The Morgan fingerprint density at radius 1 is 0.842 bits per heavy atom. The lowest BCUT2D eigenvalue weighted by Gasteiger charge is -2.28. The molecule has 0 atom stereocenters. The van der Waals surface area contributed by atoms with Crippen LogP contribution in [0.4, 0.5) is 0 Å². The third kappa shape index (κ3) is 3.84. The predicted octanol–water partition coefficient (Wildman–Crippen LogP) is 6.84. The minimum atomic E-state index is 0.500. The monoisotopic (exact) mass is 262 g/mol. The number of hydrogen-bond donors (Lipinski definition) is 0. The van der Waals surface area contributed by atoms with Crippen LogP contribution in [0, 0.1) is 5.41 Å². The van der Waals surface area contributed by atoms with Crippen LogP contribution >= 0.6 is 0 Å². The van der Waals surface area contributed by atoms with E-state index in [1.807, 2.05) is 27.7 Å². The zero-order valence-electron chi connectivity index (χ0n) is 14.2. The van der Waals surface area contributed by atoms with Crippen LogP contribution in [0.2, 0.25) is 0 Å². The molecule has 0 aromatic carbocycles. The van der Waals surface area contributed by atoms with E-state index < -0.39 is 0 Å². The Kier molecular flexibility index (Phi) is 8.06. The molecule has 0 aliphatic heterocycles. The van der Waals surface area contributed by atoms with E-state index in [0.717, 1.165) is 0 Å². The second-order valence-corrected chi connectivity index (χ2v) is 5.40. The predicted molar refractivity (Wildman–Crippen MR) is 89.5 cm³/mol. The molecule has 0 heteroatoms. The van der Waals surface area contributed by atoms with Gasteiger partial charge in [0.15, 0.2) is 0 Å². The lowest BCUT2D eigenvalue weighted by Crippen LogP contribution is -2.16. The maximum Gasteiger partial charge on any atom is -0.00386 e. The van der Waals surface area contributed by atoms with Gasteiger partial charge in [-0.3, -0.25) is 0 Å². The Labute approximate surface area is 121 Å². The van der Waals surface area contributed by atoms with Crippen LogP contribution in [0.1, 0.15) is 80.1 Å². The summed E-state index contributed by atoms with van der Waals surface area (Å²) in [7, 11) is 0. The molecule has 0 aromatic rings. The number of allylic oxidation sites excluding steroid dienone is 4. The van der Waals surface area contributed by atoms with Crippen LogP contribution in [-0.4, -0.2) is 0 Å². The van der Waals surface area contributed by atoms with Crippen molar-refractivity contribution >= 4 is 0 Å². The van der Waals surface area contributed by atoms with Gasteiger partial charge in [-0.2, -0.15) is 0 Å². The molecule has 0 N–H and O–H groups in total. The van der Waals surface area contributed by atoms with Crippen LogP contribution in [0.15, 0.2) is 35.5 Å². The van der Waals surface area contributed by atoms with Gasteiger partial charge >= 0.3 is 0 Å². The van der Waals surface area contributed by atoms with Gasteiger partial charge in [-0.05, 0) is 56.1 Å². The summed E-state index contributed by atoms with van der Waals surface area (Å²) < 4.78 is 0. The van der Waals surface area contributed by atoms with Crippen molar-refractivity contribution in [3.63, 3.8) is 0 Å². The highest BCUT2D eigenvalue weighted by Crippen LogP contribution is 2.56. The molecule has 2 rings (SSSR count). The van der Waals surface area contributed by atoms with E-state index in [1.165, 1.54) is 55.2 Å². The minimum Gasteiger partial charge on any atom is -0.0958 e. The molecule has 0 aromatic heterocycles. The summed E-state index contributed by atoms with van der Waals surface area (Å²) in [5, 5.41) is 0. The smallest absolute Gasteiger partial charge is 0.00386 e. The molecule has 1 spiro atoms. The van der Waals surface area contributed by atoms with E-state index in [9.17, 15) is 0 Å². The molecule has 0 bridgehead atoms. The Balaban J connectivity index is 0.000000741. The molecule has 0 saturated heterocycles. The quantitative estimate of drug-likeness (QED) is 0.511. The minimum absolute atomic E-state index is 0.500. The molecule has 0 radical (unpaired) electrons. The molecule has 0 unspecified atom stereocenters. The standard InChI is InChI=1S/C15H22.2C2H6/c1-11(2)13-7-10-15(8-5-6-9-15)14(13)12(3)4;2*1-2/h1,3,5-10H2,2,4H3;2*1-2H3. The van der Waals surface area contributed by atoms with Crippen molar-refractivity contribution in [2.75, 3.05) is 0 Å². The fourth-order valence-electron chi connectivity index (χ4n) is 3.62. The van der Waals surface area contributed by atoms with E-state index in [0.29, 0.717) is 5.41 Å². The van der Waals surface area contributed by atoms with Crippen LogP contribution in [0.3, 0.4) is 0 Å². The van der Waals surface area contributed by atoms with E-state index in [4.69, 9.17) is 0 Å². The average Bonchev–Trinajstić information content (AvgIpc) is 3.03. The topological polar surface area (TPSA) is 0 Å². The van der Waals surface area contributed by atoms with Crippen molar-refractivity contribution in [1.29, 1.82) is 0 Å². The molecule has 0 nitrogen and oxygen atoms in total. The van der Waals surface area contributed by atoms with Gasteiger partial charge in [-0.25, -0.2) is 0 Å². The second kappa shape index (κ2) is 8.40. The summed E-state index contributed by atoms with van der Waals surface area (Å²) in [4.78, 5) is 0. The van der Waals surface area contributed by atoms with Gasteiger partial charge in [-0.1, -0.05) is 64.8 Å². The van der Waals surface area contributed by atoms with Crippen molar-refractivity contribution in [3.05, 3.63) is 35.5 Å². The fourth-order valence-corrected chi connectivity index (χ4v) is 3.62. The first-order chi connectivity index (χ1) is 9.07. The maximum atomic E-state index is 4.19. The normalized spacial score (nSPS) is 19.5. The fraction of sp³-hybridized carbons (Fsp3) is 0.684. The molecule has 2 aliphatic carbocycles. The SMILES string of the molecule is C=C(C)C1=C(C(=C)C)C2(CCCC2)CC1.CC.CC. The van der Waals surface area contributed by atoms with Gasteiger partial charge in [0.25, 0.3) is 0 Å². The van der Waals surface area contributed by atoms with Crippen molar-refractivity contribution in [3.8, 4) is 0 Å². The highest BCUT2D eigenvalue weighted by atomic mass is 14.5. The summed E-state index contributed by atoms with van der Waals surface area (Å²) in [6.07, 6.45) is 8.15. The van der Waals surface area contributed by atoms with Crippen LogP contribution in [0.5, 0.6) is 0 Å². The summed E-state index contributed by atoms with van der Waals surface area (Å²) in [6.45, 7) is 20.6. The van der Waals surface area contributed by atoms with Crippen molar-refractivity contribution in [2.24, 2.45) is 5.41 Å². The van der Waals surface area contributed by atoms with Gasteiger partial charge in [-0.15, -0.1) is 0 Å². The number of hydrogen-bond acceptors (Lipinski definition) is 0. The molecule has 1 saturated carbocycles. The van der Waals surface area contributed by atoms with Gasteiger partial charge in [0, 0.05) is 0 Å². The molecule has 2 aliphatic rings. The first kappa shape index (κ1) is 18.2. The third-order valence-electron chi connectivity index (χ3n) is 4.19. The highest BCUT2D eigenvalue weighted by Gasteiger charge is 2.42. The molecular weight excluding hydrogens is 228 g/mol. The first-order valence-corrected chi connectivity index (χ1v) is 8.12. The van der Waals surface area contributed by atoms with Crippen LogP contribution in [0.25, 0.3) is 0 Å². The second-order valence-electron chi connectivity index (χ2n) is 5.40. The zero-order valence-corrected chi connectivity index (χ0v) is 14.2. The van der Waals surface area contributed by atoms with Crippen LogP contribution in [-0.2, 0) is 0 Å².